The Morgan fingerprint density at radius 3 is 2.70 bits per heavy atom. The van der Waals surface area contributed by atoms with Crippen LogP contribution < -0.4 is 11.1 Å². The van der Waals surface area contributed by atoms with E-state index in [1.165, 1.54) is 0 Å². The lowest BCUT2D eigenvalue weighted by Gasteiger charge is -2.26. The average Bonchev–Trinajstić information content (AvgIpc) is 2.41. The van der Waals surface area contributed by atoms with E-state index in [2.05, 4.69) is 19.2 Å². The molecule has 5 heteroatoms. The zero-order chi connectivity index (χ0) is 15.3. The van der Waals surface area contributed by atoms with Crippen LogP contribution in [0.25, 0.3) is 0 Å². The molecule has 0 radical (unpaired) electrons. The molecule has 0 aliphatic carbocycles. The molecule has 0 aliphatic heterocycles. The second-order valence-corrected chi connectivity index (χ2v) is 5.79. The first kappa shape index (κ1) is 16.8. The summed E-state index contributed by atoms with van der Waals surface area (Å²) in [5.41, 5.74) is 6.90. The molecule has 1 aromatic carbocycles. The number of rotatable bonds is 6. The topological polar surface area (TPSA) is 58.4 Å². The minimum atomic E-state index is -0.220. The van der Waals surface area contributed by atoms with Crippen LogP contribution in [0.15, 0.2) is 18.2 Å². The third-order valence-electron chi connectivity index (χ3n) is 3.61. The fourth-order valence-electron chi connectivity index (χ4n) is 1.85. The Bertz CT molecular complexity index is 464. The van der Waals surface area contributed by atoms with Gasteiger partial charge in [-0.3, -0.25) is 9.69 Å². The lowest BCUT2D eigenvalue weighted by Crippen LogP contribution is -2.41. The highest BCUT2D eigenvalue weighted by Gasteiger charge is 2.20. The van der Waals surface area contributed by atoms with Crippen molar-refractivity contribution in [2.45, 2.75) is 33.2 Å². The van der Waals surface area contributed by atoms with Crippen LogP contribution in [0.3, 0.4) is 0 Å². The number of nitrogens with one attached hydrogen (secondary N) is 1. The Hall–Kier alpha value is -1.26. The molecular weight excluding hydrogens is 274 g/mol. The quantitative estimate of drug-likeness (QED) is 0.793. The maximum absolute atomic E-state index is 12.2. The summed E-state index contributed by atoms with van der Waals surface area (Å²) in [6.07, 6.45) is 1.10. The van der Waals surface area contributed by atoms with Crippen molar-refractivity contribution < 1.29 is 4.79 Å². The van der Waals surface area contributed by atoms with Crippen LogP contribution in [0.1, 0.15) is 27.2 Å². The summed E-state index contributed by atoms with van der Waals surface area (Å²) in [4.78, 5) is 14.3. The minimum absolute atomic E-state index is 0.0789. The number of nitrogen functional groups attached to an aromatic ring is 1. The number of nitrogens with two attached hydrogens (primary N) is 1. The number of hydrogen-bond acceptors (Lipinski definition) is 3. The first-order valence-corrected chi connectivity index (χ1v) is 7.29. The average molecular weight is 298 g/mol. The van der Waals surface area contributed by atoms with Crippen molar-refractivity contribution in [3.8, 4) is 0 Å². The van der Waals surface area contributed by atoms with E-state index in [4.69, 9.17) is 17.3 Å². The predicted molar refractivity (Wildman–Crippen MR) is 86.0 cm³/mol. The Morgan fingerprint density at radius 1 is 1.45 bits per heavy atom. The third kappa shape index (κ3) is 4.69. The second kappa shape index (κ2) is 7.50. The van der Waals surface area contributed by atoms with Gasteiger partial charge in [-0.1, -0.05) is 31.9 Å². The van der Waals surface area contributed by atoms with E-state index in [1.807, 2.05) is 18.9 Å². The Labute approximate surface area is 126 Å². The van der Waals surface area contributed by atoms with Gasteiger partial charge >= 0.3 is 0 Å². The highest BCUT2D eigenvalue weighted by molar-refractivity contribution is 6.31. The highest BCUT2D eigenvalue weighted by Crippen LogP contribution is 2.23. The largest absolute Gasteiger partial charge is 0.397 e. The Balaban J connectivity index is 2.68. The number of benzene rings is 1. The molecule has 0 saturated carbocycles. The van der Waals surface area contributed by atoms with Crippen molar-refractivity contribution >= 4 is 28.9 Å². The van der Waals surface area contributed by atoms with Gasteiger partial charge in [0.1, 0.15) is 0 Å². The standard InChI is InChI=1S/C15H24ClN3O/c1-5-10(2)9-19(4)11(3)15(20)18-14-8-12(16)6-7-13(14)17/h6-8,10-11H,5,9,17H2,1-4H3,(H,18,20). The van der Waals surface area contributed by atoms with Crippen molar-refractivity contribution in [1.29, 1.82) is 0 Å². The molecule has 1 amide bonds. The molecule has 0 heterocycles. The fourth-order valence-corrected chi connectivity index (χ4v) is 2.03. The lowest BCUT2D eigenvalue weighted by molar-refractivity contribution is -0.120. The van der Waals surface area contributed by atoms with Crippen LogP contribution in [0.2, 0.25) is 5.02 Å². The fraction of sp³-hybridized carbons (Fsp3) is 0.533. The molecule has 2 unspecified atom stereocenters. The van der Waals surface area contributed by atoms with E-state index in [1.54, 1.807) is 18.2 Å². The number of carbonyl (C=O) groups excluding carboxylic acids is 1. The molecule has 0 spiro atoms. The number of likely N-dealkylation sites (N-methyl/N-ethyl adjacent to an activating group) is 1. The summed E-state index contributed by atoms with van der Waals surface area (Å²) in [5.74, 6) is 0.483. The first-order chi connectivity index (χ1) is 9.35. The number of carbonyl (C=O) groups is 1. The molecule has 1 rings (SSSR count). The molecule has 112 valence electrons. The molecule has 0 fully saturated rings. The highest BCUT2D eigenvalue weighted by atomic mass is 35.5. The molecule has 3 N–H and O–H groups in total. The van der Waals surface area contributed by atoms with Crippen molar-refractivity contribution in [3.63, 3.8) is 0 Å². The molecule has 20 heavy (non-hydrogen) atoms. The van der Waals surface area contributed by atoms with Gasteiger partial charge in [0.25, 0.3) is 0 Å². The summed E-state index contributed by atoms with van der Waals surface area (Å²) in [6, 6.07) is 4.83. The summed E-state index contributed by atoms with van der Waals surface area (Å²) >= 11 is 5.91. The summed E-state index contributed by atoms with van der Waals surface area (Å²) in [7, 11) is 1.96. The molecule has 0 saturated heterocycles. The lowest BCUT2D eigenvalue weighted by atomic mass is 10.1. The van der Waals surface area contributed by atoms with Gasteiger partial charge in [0, 0.05) is 11.6 Å². The summed E-state index contributed by atoms with van der Waals surface area (Å²) in [6.45, 7) is 7.10. The molecule has 0 bridgehead atoms. The molecule has 0 aromatic heterocycles. The van der Waals surface area contributed by atoms with Crippen LogP contribution in [-0.4, -0.2) is 30.4 Å². The van der Waals surface area contributed by atoms with Gasteiger partial charge in [0.05, 0.1) is 17.4 Å². The van der Waals surface area contributed by atoms with E-state index in [9.17, 15) is 4.79 Å². The number of halogens is 1. The van der Waals surface area contributed by atoms with Gasteiger partial charge in [-0.15, -0.1) is 0 Å². The molecule has 2 atom stereocenters. The van der Waals surface area contributed by atoms with E-state index in [-0.39, 0.29) is 11.9 Å². The Morgan fingerprint density at radius 2 is 2.10 bits per heavy atom. The van der Waals surface area contributed by atoms with Crippen LogP contribution in [0, 0.1) is 5.92 Å². The van der Waals surface area contributed by atoms with Gasteiger partial charge in [0.2, 0.25) is 5.91 Å². The van der Waals surface area contributed by atoms with Gasteiger partial charge in [-0.2, -0.15) is 0 Å². The number of nitrogens with zero attached hydrogens (tertiary/aromatic N) is 1. The van der Waals surface area contributed by atoms with E-state index in [0.717, 1.165) is 13.0 Å². The van der Waals surface area contributed by atoms with Crippen LogP contribution >= 0.6 is 11.6 Å². The maximum Gasteiger partial charge on any atom is 0.241 e. The molecule has 4 nitrogen and oxygen atoms in total. The monoisotopic (exact) mass is 297 g/mol. The first-order valence-electron chi connectivity index (χ1n) is 6.91. The van der Waals surface area contributed by atoms with Crippen molar-refractivity contribution in [3.05, 3.63) is 23.2 Å². The van der Waals surface area contributed by atoms with Crippen molar-refractivity contribution in [2.24, 2.45) is 5.92 Å². The Kier molecular flexibility index (Phi) is 6.30. The molecular formula is C15H24ClN3O. The normalized spacial score (nSPS) is 14.1. The van der Waals surface area contributed by atoms with Gasteiger partial charge in [-0.25, -0.2) is 0 Å². The van der Waals surface area contributed by atoms with Crippen LogP contribution in [0.4, 0.5) is 11.4 Å². The second-order valence-electron chi connectivity index (χ2n) is 5.35. The third-order valence-corrected chi connectivity index (χ3v) is 3.85. The molecule has 0 aliphatic rings. The maximum atomic E-state index is 12.2. The van der Waals surface area contributed by atoms with Crippen molar-refractivity contribution in [1.82, 2.24) is 4.90 Å². The zero-order valence-corrected chi connectivity index (χ0v) is 13.4. The van der Waals surface area contributed by atoms with E-state index >= 15 is 0 Å². The van der Waals surface area contributed by atoms with Gasteiger partial charge < -0.3 is 11.1 Å². The number of anilines is 2. The van der Waals surface area contributed by atoms with Crippen molar-refractivity contribution in [2.75, 3.05) is 24.6 Å². The van der Waals surface area contributed by atoms with E-state index in [0.29, 0.717) is 22.3 Å². The summed E-state index contributed by atoms with van der Waals surface area (Å²) in [5, 5.41) is 3.38. The number of hydrogen-bond donors (Lipinski definition) is 2. The smallest absolute Gasteiger partial charge is 0.241 e. The van der Waals surface area contributed by atoms with Crippen LogP contribution in [-0.2, 0) is 4.79 Å². The predicted octanol–water partition coefficient (Wildman–Crippen LogP) is 3.23. The minimum Gasteiger partial charge on any atom is -0.397 e. The SMILES string of the molecule is CCC(C)CN(C)C(C)C(=O)Nc1cc(Cl)ccc1N. The summed E-state index contributed by atoms with van der Waals surface area (Å²) < 4.78 is 0. The van der Waals surface area contributed by atoms with Gasteiger partial charge in [0.15, 0.2) is 0 Å². The van der Waals surface area contributed by atoms with Gasteiger partial charge in [-0.05, 0) is 38.1 Å². The number of amides is 1. The van der Waals surface area contributed by atoms with E-state index < -0.39 is 0 Å². The van der Waals surface area contributed by atoms with Crippen LogP contribution in [0.5, 0.6) is 0 Å². The molecule has 1 aromatic rings. The zero-order valence-electron chi connectivity index (χ0n) is 12.6.